The van der Waals surface area contributed by atoms with Crippen molar-refractivity contribution >= 4 is 11.9 Å². The molecule has 6 heteroatoms. The minimum Gasteiger partial charge on any atom is -0.507 e. The van der Waals surface area contributed by atoms with E-state index in [1.807, 2.05) is 19.9 Å². The molecule has 1 aromatic heterocycles. The molecule has 2 heterocycles. The number of rotatable bonds is 7. The van der Waals surface area contributed by atoms with Crippen LogP contribution in [-0.2, 0) is 11.3 Å². The third-order valence-corrected chi connectivity index (χ3v) is 4.40. The second-order valence-electron chi connectivity index (χ2n) is 6.44. The molecule has 27 heavy (non-hydrogen) atoms. The van der Waals surface area contributed by atoms with E-state index >= 15 is 0 Å². The first kappa shape index (κ1) is 19.2. The third-order valence-electron chi connectivity index (χ3n) is 4.40. The molecule has 1 N–H and O–H groups in total. The van der Waals surface area contributed by atoms with Crippen molar-refractivity contribution in [2.45, 2.75) is 20.4 Å². The van der Waals surface area contributed by atoms with Crippen molar-refractivity contribution in [3.63, 3.8) is 0 Å². The normalized spacial score (nSPS) is 15.3. The van der Waals surface area contributed by atoms with Gasteiger partial charge in [-0.25, -0.2) is 0 Å². The molecule has 0 atom stereocenters. The number of ketones is 1. The van der Waals surface area contributed by atoms with Gasteiger partial charge in [0.2, 0.25) is 0 Å². The first-order valence-electron chi connectivity index (χ1n) is 9.14. The zero-order valence-corrected chi connectivity index (χ0v) is 15.7. The molecule has 144 valence electrons. The number of furan rings is 1. The van der Waals surface area contributed by atoms with E-state index in [0.29, 0.717) is 37.9 Å². The van der Waals surface area contributed by atoms with Crippen LogP contribution in [0.5, 0.6) is 11.5 Å². The first-order valence-corrected chi connectivity index (χ1v) is 9.14. The van der Waals surface area contributed by atoms with Gasteiger partial charge in [-0.1, -0.05) is 0 Å². The highest BCUT2D eigenvalue weighted by molar-refractivity contribution is 6.08. The van der Waals surface area contributed by atoms with Gasteiger partial charge in [0, 0.05) is 31.3 Å². The maximum absolute atomic E-state index is 12.6. The van der Waals surface area contributed by atoms with Crippen molar-refractivity contribution in [3.05, 3.63) is 53.0 Å². The van der Waals surface area contributed by atoms with Gasteiger partial charge < -0.3 is 19.0 Å². The van der Waals surface area contributed by atoms with Gasteiger partial charge in [-0.2, -0.15) is 0 Å². The number of ether oxygens (including phenoxy) is 2. The van der Waals surface area contributed by atoms with Crippen molar-refractivity contribution in [2.24, 2.45) is 0 Å². The second-order valence-corrected chi connectivity index (χ2v) is 6.44. The number of nitrogens with zero attached hydrogens (tertiary/aromatic N) is 1. The van der Waals surface area contributed by atoms with Crippen molar-refractivity contribution in [1.29, 1.82) is 0 Å². The molecule has 1 fully saturated rings. The number of morpholine rings is 1. The Morgan fingerprint density at radius 2 is 2.07 bits per heavy atom. The summed E-state index contributed by atoms with van der Waals surface area (Å²) in [5, 5.41) is 10.3. The van der Waals surface area contributed by atoms with Crippen molar-refractivity contribution < 1.29 is 23.8 Å². The SMILES string of the molecule is CCOc1cc(O)c(C(=O)/C=C/c2ccc(C)o2)cc1CN1CCOCC1. The summed E-state index contributed by atoms with van der Waals surface area (Å²) in [6.07, 6.45) is 3.01. The number of aryl methyl sites for hydroxylation is 1. The molecule has 0 spiro atoms. The Bertz CT molecular complexity index is 818. The summed E-state index contributed by atoms with van der Waals surface area (Å²) in [6, 6.07) is 6.87. The summed E-state index contributed by atoms with van der Waals surface area (Å²) in [4.78, 5) is 14.8. The number of phenols is 1. The Balaban J connectivity index is 1.84. The predicted octanol–water partition coefficient (Wildman–Crippen LogP) is 3.42. The van der Waals surface area contributed by atoms with Gasteiger partial charge in [0.05, 0.1) is 25.4 Å². The van der Waals surface area contributed by atoms with Gasteiger partial charge in [0.15, 0.2) is 5.78 Å². The third kappa shape index (κ3) is 4.99. The van der Waals surface area contributed by atoms with E-state index in [1.165, 1.54) is 12.1 Å². The number of aromatic hydroxyl groups is 1. The zero-order chi connectivity index (χ0) is 19.2. The Labute approximate surface area is 159 Å². The van der Waals surface area contributed by atoms with Crippen LogP contribution in [0.1, 0.15) is 34.4 Å². The lowest BCUT2D eigenvalue weighted by Gasteiger charge is -2.27. The van der Waals surface area contributed by atoms with E-state index in [9.17, 15) is 9.90 Å². The second kappa shape index (κ2) is 8.88. The maximum atomic E-state index is 12.6. The standard InChI is InChI=1S/C21H25NO5/c1-3-26-21-13-20(24)18(12-16(21)14-22-8-10-25-11-9-22)19(23)7-6-17-5-4-15(2)27-17/h4-7,12-13,24H,3,8-11,14H2,1-2H3/b7-6+. The van der Waals surface area contributed by atoms with Crippen molar-refractivity contribution in [2.75, 3.05) is 32.9 Å². The zero-order valence-electron chi connectivity index (χ0n) is 15.7. The minimum absolute atomic E-state index is 0.0885. The fourth-order valence-electron chi connectivity index (χ4n) is 3.02. The molecular weight excluding hydrogens is 346 g/mol. The lowest BCUT2D eigenvalue weighted by molar-refractivity contribution is 0.0338. The summed E-state index contributed by atoms with van der Waals surface area (Å²) < 4.78 is 16.5. The number of benzene rings is 1. The largest absolute Gasteiger partial charge is 0.507 e. The van der Waals surface area contributed by atoms with Crippen LogP contribution in [0.4, 0.5) is 0 Å². The highest BCUT2D eigenvalue weighted by Crippen LogP contribution is 2.30. The van der Waals surface area contributed by atoms with E-state index in [-0.39, 0.29) is 17.1 Å². The topological polar surface area (TPSA) is 72.1 Å². The van der Waals surface area contributed by atoms with E-state index in [2.05, 4.69) is 4.90 Å². The lowest BCUT2D eigenvalue weighted by atomic mass is 10.0. The van der Waals surface area contributed by atoms with E-state index in [0.717, 1.165) is 24.4 Å². The van der Waals surface area contributed by atoms with E-state index in [4.69, 9.17) is 13.9 Å². The van der Waals surface area contributed by atoms with Crippen LogP contribution in [0.2, 0.25) is 0 Å². The van der Waals surface area contributed by atoms with Crippen LogP contribution in [0, 0.1) is 6.92 Å². The average Bonchev–Trinajstić information content (AvgIpc) is 3.08. The van der Waals surface area contributed by atoms with Crippen molar-refractivity contribution in [1.82, 2.24) is 4.90 Å². The Morgan fingerprint density at radius 3 is 2.74 bits per heavy atom. The van der Waals surface area contributed by atoms with Crippen LogP contribution in [0.15, 0.2) is 34.8 Å². The molecule has 0 unspecified atom stereocenters. The maximum Gasteiger partial charge on any atom is 0.189 e. The number of phenolic OH excluding ortho intramolecular Hbond substituents is 1. The highest BCUT2D eigenvalue weighted by atomic mass is 16.5. The molecule has 0 radical (unpaired) electrons. The van der Waals surface area contributed by atoms with E-state index in [1.54, 1.807) is 18.2 Å². The summed E-state index contributed by atoms with van der Waals surface area (Å²) >= 11 is 0. The Hall–Kier alpha value is -2.57. The Morgan fingerprint density at radius 1 is 1.30 bits per heavy atom. The number of allylic oxidation sites excluding steroid dienone is 1. The van der Waals surface area contributed by atoms with Gasteiger partial charge in [-0.15, -0.1) is 0 Å². The summed E-state index contributed by atoms with van der Waals surface area (Å²) in [6.45, 7) is 7.90. The monoisotopic (exact) mass is 371 g/mol. The molecule has 0 amide bonds. The van der Waals surface area contributed by atoms with Crippen LogP contribution >= 0.6 is 0 Å². The fourth-order valence-corrected chi connectivity index (χ4v) is 3.02. The van der Waals surface area contributed by atoms with Crippen LogP contribution in [0.3, 0.4) is 0 Å². The van der Waals surface area contributed by atoms with Crippen LogP contribution in [0.25, 0.3) is 6.08 Å². The first-order chi connectivity index (χ1) is 13.1. The van der Waals surface area contributed by atoms with Gasteiger partial charge in [0.1, 0.15) is 23.0 Å². The van der Waals surface area contributed by atoms with Gasteiger partial charge >= 0.3 is 0 Å². The quantitative estimate of drug-likeness (QED) is 0.594. The molecule has 0 bridgehead atoms. The van der Waals surface area contributed by atoms with Gasteiger partial charge in [0.25, 0.3) is 0 Å². The summed E-state index contributed by atoms with van der Waals surface area (Å²) in [5.41, 5.74) is 1.13. The average molecular weight is 371 g/mol. The van der Waals surface area contributed by atoms with Crippen molar-refractivity contribution in [3.8, 4) is 11.5 Å². The molecule has 2 aromatic rings. The van der Waals surface area contributed by atoms with Gasteiger partial charge in [-0.3, -0.25) is 9.69 Å². The van der Waals surface area contributed by atoms with Crippen LogP contribution in [-0.4, -0.2) is 48.7 Å². The lowest BCUT2D eigenvalue weighted by Crippen LogP contribution is -2.35. The number of hydrogen-bond donors (Lipinski definition) is 1. The molecule has 1 aliphatic rings. The molecule has 0 saturated carbocycles. The molecule has 0 aliphatic carbocycles. The predicted molar refractivity (Wildman–Crippen MR) is 102 cm³/mol. The minimum atomic E-state index is -0.284. The molecule has 1 saturated heterocycles. The Kier molecular flexibility index (Phi) is 6.32. The highest BCUT2D eigenvalue weighted by Gasteiger charge is 2.18. The fraction of sp³-hybridized carbons (Fsp3) is 0.381. The summed E-state index contributed by atoms with van der Waals surface area (Å²) in [7, 11) is 0. The molecule has 1 aliphatic heterocycles. The number of hydrogen-bond acceptors (Lipinski definition) is 6. The molecular formula is C21H25NO5. The number of carbonyl (C=O) groups excluding carboxylic acids is 1. The molecule has 3 rings (SSSR count). The molecule has 6 nitrogen and oxygen atoms in total. The van der Waals surface area contributed by atoms with E-state index < -0.39 is 0 Å². The van der Waals surface area contributed by atoms with Crippen LogP contribution < -0.4 is 4.74 Å². The van der Waals surface area contributed by atoms with Gasteiger partial charge in [-0.05, 0) is 44.2 Å². The molecule has 1 aromatic carbocycles. The smallest absolute Gasteiger partial charge is 0.189 e. The summed E-state index contributed by atoms with van der Waals surface area (Å²) in [5.74, 6) is 1.60. The number of carbonyl (C=O) groups is 1.